The van der Waals surface area contributed by atoms with Gasteiger partial charge in [0.15, 0.2) is 0 Å². The van der Waals surface area contributed by atoms with Crippen LogP contribution in [0, 0.1) is 11.3 Å². The van der Waals surface area contributed by atoms with Crippen LogP contribution >= 0.6 is 0 Å². The summed E-state index contributed by atoms with van der Waals surface area (Å²) in [6.45, 7) is 11.7. The van der Waals surface area contributed by atoms with E-state index < -0.39 is 0 Å². The monoisotopic (exact) mass is 268 g/mol. The van der Waals surface area contributed by atoms with Crippen molar-refractivity contribution in [2.24, 2.45) is 17.1 Å². The number of hydrogen-bond donors (Lipinski definition) is 1. The van der Waals surface area contributed by atoms with Gasteiger partial charge in [-0.3, -0.25) is 0 Å². The lowest BCUT2D eigenvalue weighted by atomic mass is 9.87. The molecule has 2 nitrogen and oxygen atoms in total. The summed E-state index contributed by atoms with van der Waals surface area (Å²) in [6.07, 6.45) is 11.1. The molecule has 1 fully saturated rings. The normalized spacial score (nSPS) is 22.4. The molecule has 19 heavy (non-hydrogen) atoms. The molecule has 1 aliphatic rings. The Morgan fingerprint density at radius 1 is 1.16 bits per heavy atom. The van der Waals surface area contributed by atoms with Gasteiger partial charge in [-0.05, 0) is 69.6 Å². The first-order valence-corrected chi connectivity index (χ1v) is 8.50. The largest absolute Gasteiger partial charge is 0.330 e. The van der Waals surface area contributed by atoms with E-state index >= 15 is 0 Å². The summed E-state index contributed by atoms with van der Waals surface area (Å²) in [5.74, 6) is 1.01. The number of unbranched alkanes of at least 4 members (excludes halogenated alkanes) is 1. The molecule has 0 aromatic carbocycles. The van der Waals surface area contributed by atoms with Crippen LogP contribution in [0.3, 0.4) is 0 Å². The van der Waals surface area contributed by atoms with E-state index in [4.69, 9.17) is 5.73 Å². The topological polar surface area (TPSA) is 29.3 Å². The predicted octanol–water partition coefficient (Wildman–Crippen LogP) is 4.04. The summed E-state index contributed by atoms with van der Waals surface area (Å²) >= 11 is 0. The molecule has 0 aliphatic carbocycles. The van der Waals surface area contributed by atoms with Gasteiger partial charge in [0.05, 0.1) is 0 Å². The smallest absolute Gasteiger partial charge is 0.00161 e. The van der Waals surface area contributed by atoms with Gasteiger partial charge < -0.3 is 10.6 Å². The molecule has 1 rings (SSSR count). The highest BCUT2D eigenvalue weighted by molar-refractivity contribution is 4.72. The van der Waals surface area contributed by atoms with Crippen molar-refractivity contribution in [1.29, 1.82) is 0 Å². The average molecular weight is 268 g/mol. The fourth-order valence-corrected chi connectivity index (χ4v) is 3.19. The molecule has 0 aromatic heterocycles. The molecule has 2 heteroatoms. The minimum absolute atomic E-state index is 0.338. The zero-order chi connectivity index (χ0) is 14.1. The van der Waals surface area contributed by atoms with E-state index in [1.165, 1.54) is 71.0 Å². The molecule has 1 heterocycles. The van der Waals surface area contributed by atoms with Gasteiger partial charge in [0.25, 0.3) is 0 Å². The van der Waals surface area contributed by atoms with Gasteiger partial charge in [-0.25, -0.2) is 0 Å². The van der Waals surface area contributed by atoms with E-state index in [-0.39, 0.29) is 0 Å². The van der Waals surface area contributed by atoms with Crippen LogP contribution < -0.4 is 5.73 Å². The second-order valence-corrected chi connectivity index (χ2v) is 7.25. The maximum absolute atomic E-state index is 5.79. The predicted molar refractivity (Wildman–Crippen MR) is 85.4 cm³/mol. The zero-order valence-corrected chi connectivity index (χ0v) is 13.6. The standard InChI is InChI=1S/C17H36N2/c1-4-8-16-9-7-13-19(14-10-16)12-6-5-11-17(2,3)15-18/h16H,4-15,18H2,1-3H3. The van der Waals surface area contributed by atoms with Crippen LogP contribution in [0.25, 0.3) is 0 Å². The summed E-state index contributed by atoms with van der Waals surface area (Å²) < 4.78 is 0. The van der Waals surface area contributed by atoms with Gasteiger partial charge in [-0.1, -0.05) is 40.0 Å². The van der Waals surface area contributed by atoms with E-state index in [9.17, 15) is 0 Å². The fraction of sp³-hybridized carbons (Fsp3) is 1.00. The van der Waals surface area contributed by atoms with Crippen LogP contribution in [-0.4, -0.2) is 31.1 Å². The molecule has 114 valence electrons. The second kappa shape index (κ2) is 8.97. The van der Waals surface area contributed by atoms with Gasteiger partial charge in [0, 0.05) is 0 Å². The maximum Gasteiger partial charge on any atom is -0.00161 e. The fourth-order valence-electron chi connectivity index (χ4n) is 3.19. The van der Waals surface area contributed by atoms with E-state index in [0.717, 1.165) is 12.5 Å². The van der Waals surface area contributed by atoms with Gasteiger partial charge in [-0.2, -0.15) is 0 Å². The van der Waals surface area contributed by atoms with Crippen LogP contribution in [-0.2, 0) is 0 Å². The molecule has 0 bridgehead atoms. The first-order valence-electron chi connectivity index (χ1n) is 8.50. The van der Waals surface area contributed by atoms with Crippen molar-refractivity contribution in [2.75, 3.05) is 26.2 Å². The lowest BCUT2D eigenvalue weighted by molar-refractivity contribution is 0.260. The Morgan fingerprint density at radius 2 is 1.95 bits per heavy atom. The summed E-state index contributed by atoms with van der Waals surface area (Å²) in [5.41, 5.74) is 6.12. The molecule has 1 atom stereocenters. The minimum Gasteiger partial charge on any atom is -0.330 e. The van der Waals surface area contributed by atoms with Crippen LogP contribution in [0.5, 0.6) is 0 Å². The highest BCUT2D eigenvalue weighted by atomic mass is 15.1. The first-order chi connectivity index (χ1) is 9.07. The Kier molecular flexibility index (Phi) is 8.01. The van der Waals surface area contributed by atoms with Gasteiger partial charge >= 0.3 is 0 Å². The van der Waals surface area contributed by atoms with E-state index in [0.29, 0.717) is 5.41 Å². The lowest BCUT2D eigenvalue weighted by Crippen LogP contribution is -2.27. The summed E-state index contributed by atoms with van der Waals surface area (Å²) in [6, 6.07) is 0. The molecule has 1 saturated heterocycles. The number of hydrogen-bond acceptors (Lipinski definition) is 2. The minimum atomic E-state index is 0.338. The highest BCUT2D eigenvalue weighted by Crippen LogP contribution is 2.23. The number of likely N-dealkylation sites (tertiary alicyclic amines) is 1. The van der Waals surface area contributed by atoms with Crippen molar-refractivity contribution in [1.82, 2.24) is 4.90 Å². The van der Waals surface area contributed by atoms with Crippen molar-refractivity contribution in [3.63, 3.8) is 0 Å². The van der Waals surface area contributed by atoms with Crippen LogP contribution in [0.4, 0.5) is 0 Å². The third-order valence-corrected chi connectivity index (χ3v) is 4.77. The molecule has 0 aromatic rings. The Hall–Kier alpha value is -0.0800. The van der Waals surface area contributed by atoms with Gasteiger partial charge in [0.2, 0.25) is 0 Å². The average Bonchev–Trinajstić information content (AvgIpc) is 2.61. The maximum atomic E-state index is 5.79. The van der Waals surface area contributed by atoms with Crippen LogP contribution in [0.15, 0.2) is 0 Å². The molecule has 0 saturated carbocycles. The summed E-state index contributed by atoms with van der Waals surface area (Å²) in [5, 5.41) is 0. The Labute approximate surface area is 121 Å². The van der Waals surface area contributed by atoms with E-state index in [1.54, 1.807) is 0 Å². The Bertz CT molecular complexity index is 225. The third kappa shape index (κ3) is 7.31. The van der Waals surface area contributed by atoms with Crippen molar-refractivity contribution in [3.05, 3.63) is 0 Å². The van der Waals surface area contributed by atoms with Crippen molar-refractivity contribution < 1.29 is 0 Å². The molecular formula is C17H36N2. The van der Waals surface area contributed by atoms with Crippen molar-refractivity contribution >= 4 is 0 Å². The molecule has 0 spiro atoms. The lowest BCUT2D eigenvalue weighted by Gasteiger charge is -2.24. The molecular weight excluding hydrogens is 232 g/mol. The third-order valence-electron chi connectivity index (χ3n) is 4.77. The van der Waals surface area contributed by atoms with Crippen molar-refractivity contribution in [2.45, 2.75) is 72.1 Å². The number of nitrogens with two attached hydrogens (primary N) is 1. The Balaban J connectivity index is 2.13. The summed E-state index contributed by atoms with van der Waals surface area (Å²) in [7, 11) is 0. The van der Waals surface area contributed by atoms with E-state index in [1.807, 2.05) is 0 Å². The molecule has 0 radical (unpaired) electrons. The first kappa shape index (κ1) is 17.0. The second-order valence-electron chi connectivity index (χ2n) is 7.25. The molecule has 2 N–H and O–H groups in total. The van der Waals surface area contributed by atoms with E-state index in [2.05, 4.69) is 25.7 Å². The summed E-state index contributed by atoms with van der Waals surface area (Å²) in [4.78, 5) is 2.70. The number of nitrogens with zero attached hydrogens (tertiary/aromatic N) is 1. The highest BCUT2D eigenvalue weighted by Gasteiger charge is 2.17. The number of rotatable bonds is 8. The van der Waals surface area contributed by atoms with Gasteiger partial charge in [-0.15, -0.1) is 0 Å². The zero-order valence-electron chi connectivity index (χ0n) is 13.6. The Morgan fingerprint density at radius 3 is 2.63 bits per heavy atom. The quantitative estimate of drug-likeness (QED) is 0.673. The molecule has 1 unspecified atom stereocenters. The SMILES string of the molecule is CCCC1CCCN(CCCCC(C)(C)CN)CC1. The molecule has 0 amide bonds. The van der Waals surface area contributed by atoms with Crippen LogP contribution in [0.1, 0.15) is 72.1 Å². The van der Waals surface area contributed by atoms with Gasteiger partial charge in [0.1, 0.15) is 0 Å². The molecule has 1 aliphatic heterocycles. The van der Waals surface area contributed by atoms with Crippen LogP contribution in [0.2, 0.25) is 0 Å². The van der Waals surface area contributed by atoms with Crippen molar-refractivity contribution in [3.8, 4) is 0 Å².